The zero-order valence-electron chi connectivity index (χ0n) is 9.13. The molecule has 1 fully saturated rings. The van der Waals surface area contributed by atoms with Gasteiger partial charge in [0.25, 0.3) is 0 Å². The molecule has 2 aromatic rings. The Labute approximate surface area is 93.9 Å². The highest BCUT2D eigenvalue weighted by Crippen LogP contribution is 2.32. The molecule has 0 amide bonds. The standard InChI is InChI=1S/C12H15N3O/c16-8-10-7-13-12-6-5-11(14-15(10)12)9-3-1-2-4-9/h5-7,9,16H,1-4,8H2. The summed E-state index contributed by atoms with van der Waals surface area (Å²) in [4.78, 5) is 4.20. The molecule has 0 bridgehead atoms. The van der Waals surface area contributed by atoms with Crippen LogP contribution in [0.4, 0.5) is 0 Å². The SMILES string of the molecule is OCc1cnc2ccc(C3CCCC3)nn12. The van der Waals surface area contributed by atoms with Crippen LogP contribution in [0.15, 0.2) is 18.3 Å². The number of rotatable bonds is 2. The molecule has 0 atom stereocenters. The van der Waals surface area contributed by atoms with E-state index in [0.717, 1.165) is 17.0 Å². The number of hydrogen-bond acceptors (Lipinski definition) is 3. The second-order valence-electron chi connectivity index (χ2n) is 4.42. The van der Waals surface area contributed by atoms with Crippen molar-refractivity contribution in [3.05, 3.63) is 29.7 Å². The van der Waals surface area contributed by atoms with Gasteiger partial charge in [0.1, 0.15) is 0 Å². The third kappa shape index (κ3) is 1.50. The number of aliphatic hydroxyl groups excluding tert-OH is 1. The first-order valence-corrected chi connectivity index (χ1v) is 5.83. The molecule has 3 rings (SSSR count). The first-order valence-electron chi connectivity index (χ1n) is 5.83. The van der Waals surface area contributed by atoms with E-state index in [1.165, 1.54) is 25.7 Å². The summed E-state index contributed by atoms with van der Waals surface area (Å²) in [5.41, 5.74) is 2.71. The molecule has 1 saturated carbocycles. The fourth-order valence-corrected chi connectivity index (χ4v) is 2.48. The van der Waals surface area contributed by atoms with E-state index in [1.54, 1.807) is 10.7 Å². The second kappa shape index (κ2) is 3.87. The Morgan fingerprint density at radius 2 is 2.12 bits per heavy atom. The molecule has 0 unspecified atom stereocenters. The summed E-state index contributed by atoms with van der Waals surface area (Å²) in [6.07, 6.45) is 6.77. The molecule has 0 spiro atoms. The first kappa shape index (κ1) is 9.78. The fraction of sp³-hybridized carbons (Fsp3) is 0.500. The van der Waals surface area contributed by atoms with E-state index < -0.39 is 0 Å². The van der Waals surface area contributed by atoms with Crippen LogP contribution < -0.4 is 0 Å². The number of nitrogens with zero attached hydrogens (tertiary/aromatic N) is 3. The van der Waals surface area contributed by atoms with E-state index in [0.29, 0.717) is 5.92 Å². The Bertz CT molecular complexity index is 500. The molecule has 4 nitrogen and oxygen atoms in total. The van der Waals surface area contributed by atoms with Crippen molar-refractivity contribution in [3.8, 4) is 0 Å². The normalized spacial score (nSPS) is 17.3. The summed E-state index contributed by atoms with van der Waals surface area (Å²) < 4.78 is 1.76. The van der Waals surface area contributed by atoms with E-state index in [9.17, 15) is 5.11 Å². The number of hydrogen-bond donors (Lipinski definition) is 1. The van der Waals surface area contributed by atoms with Gasteiger partial charge < -0.3 is 5.11 Å². The molecule has 2 heterocycles. The summed E-state index contributed by atoms with van der Waals surface area (Å²) in [6, 6.07) is 4.05. The zero-order valence-corrected chi connectivity index (χ0v) is 9.13. The maximum Gasteiger partial charge on any atom is 0.153 e. The summed E-state index contributed by atoms with van der Waals surface area (Å²) >= 11 is 0. The van der Waals surface area contributed by atoms with Gasteiger partial charge in [-0.25, -0.2) is 9.50 Å². The summed E-state index contributed by atoms with van der Waals surface area (Å²) in [7, 11) is 0. The molecule has 1 aliphatic rings. The smallest absolute Gasteiger partial charge is 0.153 e. The molecular formula is C12H15N3O. The third-order valence-corrected chi connectivity index (χ3v) is 3.39. The molecule has 0 radical (unpaired) electrons. The Morgan fingerprint density at radius 3 is 2.88 bits per heavy atom. The Kier molecular flexibility index (Phi) is 2.36. The van der Waals surface area contributed by atoms with E-state index in [-0.39, 0.29) is 6.61 Å². The molecule has 84 valence electrons. The lowest BCUT2D eigenvalue weighted by Crippen LogP contribution is -2.04. The van der Waals surface area contributed by atoms with Gasteiger partial charge in [-0.2, -0.15) is 5.10 Å². The highest BCUT2D eigenvalue weighted by atomic mass is 16.3. The number of fused-ring (bicyclic) bond motifs is 1. The van der Waals surface area contributed by atoms with Gasteiger partial charge in [-0.1, -0.05) is 12.8 Å². The Hall–Kier alpha value is -1.42. The van der Waals surface area contributed by atoms with Gasteiger partial charge in [0, 0.05) is 5.92 Å². The minimum atomic E-state index is -0.0116. The van der Waals surface area contributed by atoms with Crippen molar-refractivity contribution >= 4 is 5.65 Å². The second-order valence-corrected chi connectivity index (χ2v) is 4.42. The highest BCUT2D eigenvalue weighted by molar-refractivity contribution is 5.39. The van der Waals surface area contributed by atoms with Crippen molar-refractivity contribution in [1.82, 2.24) is 14.6 Å². The molecule has 2 aromatic heterocycles. The van der Waals surface area contributed by atoms with E-state index in [1.807, 2.05) is 6.07 Å². The van der Waals surface area contributed by atoms with Gasteiger partial charge in [0.05, 0.1) is 24.2 Å². The topological polar surface area (TPSA) is 50.4 Å². The summed E-state index contributed by atoms with van der Waals surface area (Å²) in [6.45, 7) is -0.0116. The quantitative estimate of drug-likeness (QED) is 0.835. The molecule has 4 heteroatoms. The van der Waals surface area contributed by atoms with Gasteiger partial charge in [-0.15, -0.1) is 0 Å². The van der Waals surface area contributed by atoms with Gasteiger partial charge in [-0.3, -0.25) is 0 Å². The first-order chi connectivity index (χ1) is 7.88. The van der Waals surface area contributed by atoms with E-state index in [4.69, 9.17) is 0 Å². The van der Waals surface area contributed by atoms with Gasteiger partial charge in [0.2, 0.25) is 0 Å². The minimum absolute atomic E-state index is 0.0116. The zero-order chi connectivity index (χ0) is 11.0. The number of aliphatic hydroxyl groups is 1. The molecular weight excluding hydrogens is 202 g/mol. The number of imidazole rings is 1. The Morgan fingerprint density at radius 1 is 1.31 bits per heavy atom. The van der Waals surface area contributed by atoms with Gasteiger partial charge >= 0.3 is 0 Å². The predicted octanol–water partition coefficient (Wildman–Crippen LogP) is 1.88. The third-order valence-electron chi connectivity index (χ3n) is 3.39. The fourth-order valence-electron chi connectivity index (χ4n) is 2.48. The van der Waals surface area contributed by atoms with Gasteiger partial charge in [0.15, 0.2) is 5.65 Å². The summed E-state index contributed by atoms with van der Waals surface area (Å²) in [5.74, 6) is 0.596. The largest absolute Gasteiger partial charge is 0.390 e. The lowest BCUT2D eigenvalue weighted by atomic mass is 10.0. The van der Waals surface area contributed by atoms with Crippen LogP contribution in [0.25, 0.3) is 5.65 Å². The maximum absolute atomic E-state index is 9.18. The lowest BCUT2D eigenvalue weighted by molar-refractivity contribution is 0.274. The molecule has 0 aromatic carbocycles. The van der Waals surface area contributed by atoms with Gasteiger partial charge in [-0.05, 0) is 25.0 Å². The molecule has 16 heavy (non-hydrogen) atoms. The highest BCUT2D eigenvalue weighted by Gasteiger charge is 2.19. The maximum atomic E-state index is 9.18. The lowest BCUT2D eigenvalue weighted by Gasteiger charge is -2.08. The van der Waals surface area contributed by atoms with Crippen molar-refractivity contribution in [3.63, 3.8) is 0 Å². The number of aromatic nitrogens is 3. The van der Waals surface area contributed by atoms with Crippen molar-refractivity contribution in [1.29, 1.82) is 0 Å². The van der Waals surface area contributed by atoms with Crippen LogP contribution in [-0.2, 0) is 6.61 Å². The molecule has 0 aliphatic heterocycles. The van der Waals surface area contributed by atoms with Crippen molar-refractivity contribution in [2.45, 2.75) is 38.2 Å². The van der Waals surface area contributed by atoms with Crippen LogP contribution in [0, 0.1) is 0 Å². The molecule has 0 saturated heterocycles. The summed E-state index contributed by atoms with van der Waals surface area (Å²) in [5, 5.41) is 13.8. The monoisotopic (exact) mass is 217 g/mol. The van der Waals surface area contributed by atoms with Crippen molar-refractivity contribution < 1.29 is 5.11 Å². The minimum Gasteiger partial charge on any atom is -0.390 e. The van der Waals surface area contributed by atoms with Crippen LogP contribution in [-0.4, -0.2) is 19.7 Å². The predicted molar refractivity (Wildman–Crippen MR) is 60.1 cm³/mol. The van der Waals surface area contributed by atoms with E-state index in [2.05, 4.69) is 16.1 Å². The van der Waals surface area contributed by atoms with Crippen LogP contribution in [0.1, 0.15) is 43.0 Å². The molecule has 1 aliphatic carbocycles. The molecule has 1 N–H and O–H groups in total. The van der Waals surface area contributed by atoms with Crippen LogP contribution >= 0.6 is 0 Å². The average Bonchev–Trinajstić information content (AvgIpc) is 2.97. The van der Waals surface area contributed by atoms with Crippen LogP contribution in [0.2, 0.25) is 0 Å². The van der Waals surface area contributed by atoms with Crippen molar-refractivity contribution in [2.75, 3.05) is 0 Å². The van der Waals surface area contributed by atoms with Crippen LogP contribution in [0.5, 0.6) is 0 Å². The average molecular weight is 217 g/mol. The van der Waals surface area contributed by atoms with Crippen LogP contribution in [0.3, 0.4) is 0 Å². The van der Waals surface area contributed by atoms with E-state index >= 15 is 0 Å². The van der Waals surface area contributed by atoms with Crippen molar-refractivity contribution in [2.24, 2.45) is 0 Å². The Balaban J connectivity index is 2.06.